The second kappa shape index (κ2) is 3.44. The van der Waals surface area contributed by atoms with E-state index in [1.807, 2.05) is 22.9 Å². The Bertz CT molecular complexity index is 407. The Morgan fingerprint density at radius 2 is 2.08 bits per heavy atom. The zero-order valence-corrected chi connectivity index (χ0v) is 8.18. The van der Waals surface area contributed by atoms with Gasteiger partial charge in [-0.05, 0) is 24.3 Å². The van der Waals surface area contributed by atoms with Crippen molar-refractivity contribution in [1.82, 2.24) is 4.57 Å². The fourth-order valence-corrected chi connectivity index (χ4v) is 1.50. The Labute approximate surface area is 86.5 Å². The lowest BCUT2D eigenvalue weighted by Crippen LogP contribution is -1.90. The summed E-state index contributed by atoms with van der Waals surface area (Å²) in [6, 6.07) is 10.1. The zero-order valence-electron chi connectivity index (χ0n) is 6.67. The number of hydrogen-bond acceptors (Lipinski definition) is 0. The van der Waals surface area contributed by atoms with Crippen molar-refractivity contribution in [1.29, 1.82) is 0 Å². The van der Waals surface area contributed by atoms with Crippen molar-refractivity contribution in [3.63, 3.8) is 0 Å². The summed E-state index contributed by atoms with van der Waals surface area (Å²) < 4.78 is 1.87. The smallest absolute Gasteiger partial charge is 0.0651 e. The van der Waals surface area contributed by atoms with Gasteiger partial charge in [-0.3, -0.25) is 0 Å². The van der Waals surface area contributed by atoms with Gasteiger partial charge >= 0.3 is 0 Å². The van der Waals surface area contributed by atoms with Gasteiger partial charge in [-0.25, -0.2) is 0 Å². The lowest BCUT2D eigenvalue weighted by molar-refractivity contribution is 1.08. The summed E-state index contributed by atoms with van der Waals surface area (Å²) in [5.74, 6) is 0. The highest BCUT2D eigenvalue weighted by Crippen LogP contribution is 2.23. The van der Waals surface area contributed by atoms with Gasteiger partial charge in [0.1, 0.15) is 0 Å². The maximum atomic E-state index is 5.99. The molecule has 0 bridgehead atoms. The van der Waals surface area contributed by atoms with Crippen LogP contribution in [0.1, 0.15) is 0 Å². The summed E-state index contributed by atoms with van der Waals surface area (Å²) in [7, 11) is 0. The standard InChI is InChI=1S/C10H6Cl2N/c11-8-3-4-9(12)10(7-8)13-5-1-2-6-13/h1,3-7H. The van der Waals surface area contributed by atoms with Gasteiger partial charge in [0.05, 0.1) is 10.7 Å². The Morgan fingerprint density at radius 1 is 1.23 bits per heavy atom. The summed E-state index contributed by atoms with van der Waals surface area (Å²) >= 11 is 11.8. The molecular formula is C10H6Cl2N. The van der Waals surface area contributed by atoms with E-state index in [0.717, 1.165) is 5.69 Å². The molecule has 0 amide bonds. The first kappa shape index (κ1) is 8.67. The second-order valence-corrected chi connectivity index (χ2v) is 3.46. The Kier molecular flexibility index (Phi) is 2.30. The van der Waals surface area contributed by atoms with Gasteiger partial charge in [0.25, 0.3) is 0 Å². The zero-order chi connectivity index (χ0) is 9.26. The molecule has 2 rings (SSSR count). The molecule has 2 aromatic rings. The van der Waals surface area contributed by atoms with Crippen LogP contribution < -0.4 is 0 Å². The molecule has 1 nitrogen and oxygen atoms in total. The van der Waals surface area contributed by atoms with Crippen LogP contribution in [0, 0.1) is 6.07 Å². The predicted octanol–water partition coefficient (Wildman–Crippen LogP) is 3.58. The van der Waals surface area contributed by atoms with Crippen molar-refractivity contribution in [2.45, 2.75) is 0 Å². The molecule has 0 unspecified atom stereocenters. The number of nitrogens with zero attached hydrogens (tertiary/aromatic N) is 1. The average Bonchev–Trinajstić information content (AvgIpc) is 2.61. The maximum absolute atomic E-state index is 5.99. The fraction of sp³-hybridized carbons (Fsp3) is 0. The molecular weight excluding hydrogens is 205 g/mol. The van der Waals surface area contributed by atoms with Crippen molar-refractivity contribution in [2.24, 2.45) is 0 Å². The van der Waals surface area contributed by atoms with E-state index in [1.54, 1.807) is 18.3 Å². The van der Waals surface area contributed by atoms with E-state index in [-0.39, 0.29) is 0 Å². The minimum atomic E-state index is 0.674. The van der Waals surface area contributed by atoms with Gasteiger partial charge in [0.15, 0.2) is 0 Å². The SMILES string of the molecule is Clc1ccc(Cl)c(-n2c[c]cc2)c1. The van der Waals surface area contributed by atoms with Crippen LogP contribution in [0.15, 0.2) is 36.7 Å². The normalized spacial score (nSPS) is 10.3. The highest BCUT2D eigenvalue weighted by atomic mass is 35.5. The molecule has 0 atom stereocenters. The topological polar surface area (TPSA) is 4.93 Å². The van der Waals surface area contributed by atoms with E-state index in [0.29, 0.717) is 10.0 Å². The molecule has 0 N–H and O–H groups in total. The van der Waals surface area contributed by atoms with E-state index in [2.05, 4.69) is 6.07 Å². The highest BCUT2D eigenvalue weighted by Gasteiger charge is 2.01. The van der Waals surface area contributed by atoms with Crippen molar-refractivity contribution in [3.05, 3.63) is 52.8 Å². The third-order valence-corrected chi connectivity index (χ3v) is 2.29. The van der Waals surface area contributed by atoms with Gasteiger partial charge < -0.3 is 4.57 Å². The predicted molar refractivity (Wildman–Crippen MR) is 54.6 cm³/mol. The number of hydrogen-bond donors (Lipinski definition) is 0. The van der Waals surface area contributed by atoms with Crippen LogP contribution in [-0.4, -0.2) is 4.57 Å². The minimum Gasteiger partial charge on any atom is -0.322 e. The number of benzene rings is 1. The summed E-state index contributed by atoms with van der Waals surface area (Å²) in [6.45, 7) is 0. The fourth-order valence-electron chi connectivity index (χ4n) is 1.12. The van der Waals surface area contributed by atoms with E-state index in [4.69, 9.17) is 23.2 Å². The summed E-state index contributed by atoms with van der Waals surface area (Å²) in [4.78, 5) is 0. The molecule has 0 aliphatic rings. The summed E-state index contributed by atoms with van der Waals surface area (Å²) in [5, 5.41) is 1.35. The largest absolute Gasteiger partial charge is 0.322 e. The molecule has 0 aliphatic carbocycles. The first-order valence-corrected chi connectivity index (χ1v) is 4.52. The molecule has 13 heavy (non-hydrogen) atoms. The first-order valence-electron chi connectivity index (χ1n) is 3.77. The van der Waals surface area contributed by atoms with E-state index >= 15 is 0 Å². The van der Waals surface area contributed by atoms with Crippen LogP contribution in [0.4, 0.5) is 0 Å². The average molecular weight is 211 g/mol. The molecule has 0 saturated heterocycles. The van der Waals surface area contributed by atoms with Gasteiger partial charge in [0.2, 0.25) is 0 Å². The van der Waals surface area contributed by atoms with E-state index in [9.17, 15) is 0 Å². The lowest BCUT2D eigenvalue weighted by atomic mass is 10.3. The number of rotatable bonds is 1. The van der Waals surface area contributed by atoms with Gasteiger partial charge in [0, 0.05) is 23.5 Å². The molecule has 0 saturated carbocycles. The van der Waals surface area contributed by atoms with Crippen molar-refractivity contribution >= 4 is 23.2 Å². The first-order chi connectivity index (χ1) is 6.27. The molecule has 1 aromatic heterocycles. The quantitative estimate of drug-likeness (QED) is 0.679. The second-order valence-electron chi connectivity index (χ2n) is 2.61. The molecule has 0 spiro atoms. The van der Waals surface area contributed by atoms with Crippen LogP contribution in [-0.2, 0) is 0 Å². The third-order valence-electron chi connectivity index (χ3n) is 1.73. The highest BCUT2D eigenvalue weighted by molar-refractivity contribution is 6.34. The van der Waals surface area contributed by atoms with Crippen LogP contribution in [0.5, 0.6) is 0 Å². The molecule has 1 heterocycles. The van der Waals surface area contributed by atoms with Crippen molar-refractivity contribution in [3.8, 4) is 5.69 Å². The van der Waals surface area contributed by atoms with E-state index < -0.39 is 0 Å². The molecule has 3 heteroatoms. The van der Waals surface area contributed by atoms with Crippen molar-refractivity contribution in [2.75, 3.05) is 0 Å². The molecule has 65 valence electrons. The number of aromatic nitrogens is 1. The molecule has 1 aromatic carbocycles. The molecule has 1 radical (unpaired) electrons. The summed E-state index contributed by atoms with van der Waals surface area (Å²) in [5.41, 5.74) is 0.871. The monoisotopic (exact) mass is 210 g/mol. The number of halogens is 2. The third kappa shape index (κ3) is 1.71. The Hall–Kier alpha value is -0.920. The minimum absolute atomic E-state index is 0.674. The Balaban J connectivity index is 2.57. The van der Waals surface area contributed by atoms with Crippen LogP contribution in [0.3, 0.4) is 0 Å². The van der Waals surface area contributed by atoms with E-state index in [1.165, 1.54) is 0 Å². The molecule has 0 aliphatic heterocycles. The van der Waals surface area contributed by atoms with Crippen LogP contribution in [0.2, 0.25) is 10.0 Å². The van der Waals surface area contributed by atoms with Crippen molar-refractivity contribution < 1.29 is 0 Å². The summed E-state index contributed by atoms with van der Waals surface area (Å²) in [6.07, 6.45) is 3.68. The maximum Gasteiger partial charge on any atom is 0.0651 e. The Morgan fingerprint density at radius 3 is 2.77 bits per heavy atom. The van der Waals surface area contributed by atoms with Gasteiger partial charge in [-0.2, -0.15) is 0 Å². The van der Waals surface area contributed by atoms with Gasteiger partial charge in [-0.15, -0.1) is 0 Å². The lowest BCUT2D eigenvalue weighted by Gasteiger charge is -2.05. The van der Waals surface area contributed by atoms with Gasteiger partial charge in [-0.1, -0.05) is 23.2 Å². The van der Waals surface area contributed by atoms with Crippen LogP contribution >= 0.6 is 23.2 Å². The molecule has 0 fully saturated rings. The van der Waals surface area contributed by atoms with Crippen LogP contribution in [0.25, 0.3) is 5.69 Å².